The minimum absolute atomic E-state index is 0.0400. The first-order valence-electron chi connectivity index (χ1n) is 5.48. The second-order valence-corrected chi connectivity index (χ2v) is 4.10. The van der Waals surface area contributed by atoms with E-state index < -0.39 is 0 Å². The SMILES string of the molecule is C=C1C(C)Oc2ccc(C)cc2N1CCO. The van der Waals surface area contributed by atoms with Crippen LogP contribution >= 0.6 is 0 Å². The first-order valence-corrected chi connectivity index (χ1v) is 5.48. The molecule has 1 aromatic rings. The normalized spacial score (nSPS) is 19.3. The van der Waals surface area contributed by atoms with Gasteiger partial charge in [0, 0.05) is 6.54 Å². The lowest BCUT2D eigenvalue weighted by Gasteiger charge is -2.36. The third kappa shape index (κ3) is 1.78. The molecule has 0 saturated carbocycles. The number of fused-ring (bicyclic) bond motifs is 1. The van der Waals surface area contributed by atoms with Crippen molar-refractivity contribution in [2.75, 3.05) is 18.1 Å². The van der Waals surface area contributed by atoms with Gasteiger partial charge in [-0.2, -0.15) is 0 Å². The lowest BCUT2D eigenvalue weighted by Crippen LogP contribution is -2.37. The summed E-state index contributed by atoms with van der Waals surface area (Å²) in [5.74, 6) is 0.860. The van der Waals surface area contributed by atoms with Gasteiger partial charge >= 0.3 is 0 Å². The van der Waals surface area contributed by atoms with Gasteiger partial charge in [-0.25, -0.2) is 0 Å². The van der Waals surface area contributed by atoms with Crippen molar-refractivity contribution in [2.24, 2.45) is 0 Å². The summed E-state index contributed by atoms with van der Waals surface area (Å²) in [4.78, 5) is 2.02. The molecule has 1 unspecified atom stereocenters. The van der Waals surface area contributed by atoms with Gasteiger partial charge in [0.05, 0.1) is 18.0 Å². The predicted molar refractivity (Wildman–Crippen MR) is 64.8 cm³/mol. The van der Waals surface area contributed by atoms with Crippen LogP contribution in [0.15, 0.2) is 30.5 Å². The fraction of sp³-hybridized carbons (Fsp3) is 0.385. The summed E-state index contributed by atoms with van der Waals surface area (Å²) in [5, 5.41) is 9.09. The summed E-state index contributed by atoms with van der Waals surface area (Å²) < 4.78 is 5.75. The maximum Gasteiger partial charge on any atom is 0.143 e. The number of ether oxygens (including phenoxy) is 1. The molecule has 86 valence electrons. The van der Waals surface area contributed by atoms with Crippen molar-refractivity contribution in [2.45, 2.75) is 20.0 Å². The van der Waals surface area contributed by atoms with E-state index in [1.807, 2.05) is 30.9 Å². The monoisotopic (exact) mass is 219 g/mol. The number of hydrogen-bond donors (Lipinski definition) is 1. The summed E-state index contributed by atoms with van der Waals surface area (Å²) >= 11 is 0. The van der Waals surface area contributed by atoms with E-state index in [1.165, 1.54) is 5.56 Å². The Morgan fingerprint density at radius 3 is 2.94 bits per heavy atom. The van der Waals surface area contributed by atoms with Crippen LogP contribution in [0, 0.1) is 6.92 Å². The van der Waals surface area contributed by atoms with Crippen LogP contribution in [0.3, 0.4) is 0 Å². The van der Waals surface area contributed by atoms with Gasteiger partial charge in [-0.15, -0.1) is 0 Å². The van der Waals surface area contributed by atoms with Crippen LogP contribution in [0.25, 0.3) is 0 Å². The van der Waals surface area contributed by atoms with E-state index in [2.05, 4.69) is 12.6 Å². The van der Waals surface area contributed by atoms with Crippen LogP contribution in [0.2, 0.25) is 0 Å². The molecular formula is C13H17NO2. The number of aliphatic hydroxyl groups is 1. The number of aryl methyl sites for hydroxylation is 1. The Morgan fingerprint density at radius 2 is 2.25 bits per heavy atom. The quantitative estimate of drug-likeness (QED) is 0.826. The average Bonchev–Trinajstić information content (AvgIpc) is 2.26. The second kappa shape index (κ2) is 4.18. The second-order valence-electron chi connectivity index (χ2n) is 4.10. The largest absolute Gasteiger partial charge is 0.482 e. The number of aliphatic hydroxyl groups excluding tert-OH is 1. The zero-order valence-electron chi connectivity index (χ0n) is 9.73. The average molecular weight is 219 g/mol. The third-order valence-corrected chi connectivity index (χ3v) is 2.85. The molecular weight excluding hydrogens is 202 g/mol. The van der Waals surface area contributed by atoms with Crippen molar-refractivity contribution in [3.63, 3.8) is 0 Å². The van der Waals surface area contributed by atoms with Gasteiger partial charge in [0.15, 0.2) is 0 Å². The van der Waals surface area contributed by atoms with Crippen molar-refractivity contribution in [3.05, 3.63) is 36.0 Å². The topological polar surface area (TPSA) is 32.7 Å². The highest BCUT2D eigenvalue weighted by Gasteiger charge is 2.26. The Morgan fingerprint density at radius 1 is 1.50 bits per heavy atom. The lowest BCUT2D eigenvalue weighted by molar-refractivity contribution is 0.236. The molecule has 3 nitrogen and oxygen atoms in total. The van der Waals surface area contributed by atoms with Gasteiger partial charge in [-0.05, 0) is 31.5 Å². The Kier molecular flexibility index (Phi) is 2.88. The van der Waals surface area contributed by atoms with Crippen LogP contribution in [0.1, 0.15) is 12.5 Å². The van der Waals surface area contributed by atoms with E-state index in [0.717, 1.165) is 17.1 Å². The van der Waals surface area contributed by atoms with Crippen molar-refractivity contribution in [1.29, 1.82) is 0 Å². The van der Waals surface area contributed by atoms with Crippen LogP contribution in [0.5, 0.6) is 5.75 Å². The highest BCUT2D eigenvalue weighted by atomic mass is 16.5. The first-order chi connectivity index (χ1) is 7.63. The fourth-order valence-electron chi connectivity index (χ4n) is 1.93. The third-order valence-electron chi connectivity index (χ3n) is 2.85. The van der Waals surface area contributed by atoms with Crippen LogP contribution in [0.4, 0.5) is 5.69 Å². The van der Waals surface area contributed by atoms with Crippen molar-refractivity contribution < 1.29 is 9.84 Å². The Balaban J connectivity index is 2.45. The summed E-state index contributed by atoms with van der Waals surface area (Å²) in [6, 6.07) is 6.05. The smallest absolute Gasteiger partial charge is 0.143 e. The number of rotatable bonds is 2. The zero-order valence-corrected chi connectivity index (χ0v) is 9.73. The number of benzene rings is 1. The van der Waals surface area contributed by atoms with Crippen LogP contribution in [-0.4, -0.2) is 24.4 Å². The van der Waals surface area contributed by atoms with E-state index in [4.69, 9.17) is 9.84 Å². The molecule has 1 atom stereocenters. The van der Waals surface area contributed by atoms with Crippen molar-refractivity contribution in [1.82, 2.24) is 0 Å². The molecule has 0 fully saturated rings. The van der Waals surface area contributed by atoms with Crippen LogP contribution < -0.4 is 9.64 Å². The van der Waals surface area contributed by atoms with E-state index in [0.29, 0.717) is 6.54 Å². The molecule has 2 rings (SSSR count). The molecule has 1 N–H and O–H groups in total. The molecule has 0 aromatic heterocycles. The van der Waals surface area contributed by atoms with Gasteiger partial charge < -0.3 is 14.7 Å². The van der Waals surface area contributed by atoms with E-state index in [-0.39, 0.29) is 12.7 Å². The van der Waals surface area contributed by atoms with Gasteiger partial charge in [0.25, 0.3) is 0 Å². The highest BCUT2D eigenvalue weighted by molar-refractivity contribution is 5.65. The molecule has 1 aliphatic heterocycles. The predicted octanol–water partition coefficient (Wildman–Crippen LogP) is 2.09. The molecule has 0 saturated heterocycles. The zero-order chi connectivity index (χ0) is 11.7. The number of hydrogen-bond acceptors (Lipinski definition) is 3. The molecule has 0 bridgehead atoms. The Hall–Kier alpha value is -1.48. The fourth-order valence-corrected chi connectivity index (χ4v) is 1.93. The standard InChI is InChI=1S/C13H17NO2/c1-9-4-5-13-12(8-9)14(6-7-15)10(2)11(3)16-13/h4-5,8,11,15H,2,6-7H2,1,3H3. The first kappa shape index (κ1) is 11.0. The van der Waals surface area contributed by atoms with E-state index in [9.17, 15) is 0 Å². The molecule has 1 heterocycles. The molecule has 0 amide bonds. The lowest BCUT2D eigenvalue weighted by atomic mass is 10.1. The molecule has 0 spiro atoms. The van der Waals surface area contributed by atoms with Gasteiger partial charge in [0.1, 0.15) is 11.9 Å². The highest BCUT2D eigenvalue weighted by Crippen LogP contribution is 2.37. The van der Waals surface area contributed by atoms with Gasteiger partial charge in [-0.3, -0.25) is 0 Å². The molecule has 0 aliphatic carbocycles. The summed E-state index contributed by atoms with van der Waals surface area (Å²) in [6.07, 6.45) is -0.0400. The molecule has 16 heavy (non-hydrogen) atoms. The van der Waals surface area contributed by atoms with Crippen molar-refractivity contribution in [3.8, 4) is 5.75 Å². The van der Waals surface area contributed by atoms with E-state index >= 15 is 0 Å². The van der Waals surface area contributed by atoms with Gasteiger partial charge in [-0.1, -0.05) is 12.6 Å². The minimum atomic E-state index is -0.0400. The minimum Gasteiger partial charge on any atom is -0.482 e. The van der Waals surface area contributed by atoms with E-state index in [1.54, 1.807) is 0 Å². The maximum atomic E-state index is 9.09. The Labute approximate surface area is 96.0 Å². The summed E-state index contributed by atoms with van der Waals surface area (Å²) in [7, 11) is 0. The number of anilines is 1. The number of β-amino-alcohol motifs (C(OH)–C–C–N with tert-alkyl or cyclic N) is 1. The summed E-state index contributed by atoms with van der Waals surface area (Å²) in [5.41, 5.74) is 3.07. The molecule has 3 heteroatoms. The molecule has 0 radical (unpaired) electrons. The van der Waals surface area contributed by atoms with Crippen LogP contribution in [-0.2, 0) is 0 Å². The molecule has 1 aliphatic rings. The van der Waals surface area contributed by atoms with Gasteiger partial charge in [0.2, 0.25) is 0 Å². The molecule has 1 aromatic carbocycles. The number of nitrogens with zero attached hydrogens (tertiary/aromatic N) is 1. The Bertz CT molecular complexity index is 414. The summed E-state index contributed by atoms with van der Waals surface area (Å²) in [6.45, 7) is 8.69. The maximum absolute atomic E-state index is 9.09. The van der Waals surface area contributed by atoms with Crippen molar-refractivity contribution >= 4 is 5.69 Å².